The molecule has 5 nitrogen and oxygen atoms in total. The van der Waals surface area contributed by atoms with Crippen LogP contribution in [0.5, 0.6) is 0 Å². The van der Waals surface area contributed by atoms with Crippen molar-refractivity contribution in [3.05, 3.63) is 18.2 Å². The summed E-state index contributed by atoms with van der Waals surface area (Å²) in [7, 11) is 0. The third kappa shape index (κ3) is 2.24. The lowest BCUT2D eigenvalue weighted by Crippen LogP contribution is -2.35. The average Bonchev–Trinajstić information content (AvgIpc) is 2.99. The van der Waals surface area contributed by atoms with E-state index in [-0.39, 0.29) is 5.91 Å². The van der Waals surface area contributed by atoms with Crippen molar-refractivity contribution in [3.8, 4) is 0 Å². The average molecular weight is 222 g/mol. The normalized spacial score (nSPS) is 17.3. The largest absolute Gasteiger partial charge is 0.368 e. The summed E-state index contributed by atoms with van der Waals surface area (Å²) < 4.78 is 2.07. The monoisotopic (exact) mass is 222 g/mol. The summed E-state index contributed by atoms with van der Waals surface area (Å²) in [5, 5.41) is 3.16. The molecule has 0 radical (unpaired) electrons. The van der Waals surface area contributed by atoms with Gasteiger partial charge in [0.2, 0.25) is 5.91 Å². The molecular weight excluding hydrogens is 204 g/mol. The van der Waals surface area contributed by atoms with E-state index in [0.29, 0.717) is 6.04 Å². The minimum Gasteiger partial charge on any atom is -0.368 e. The zero-order valence-corrected chi connectivity index (χ0v) is 9.52. The Morgan fingerprint density at radius 2 is 2.50 bits per heavy atom. The Labute approximate surface area is 95.0 Å². The van der Waals surface area contributed by atoms with Crippen LogP contribution in [0.2, 0.25) is 0 Å². The maximum Gasteiger partial charge on any atom is 0.240 e. The molecule has 1 unspecified atom stereocenters. The molecule has 1 aliphatic carbocycles. The first-order valence-electron chi connectivity index (χ1n) is 5.78. The number of nitrogens with two attached hydrogens (primary N) is 1. The zero-order chi connectivity index (χ0) is 11.5. The van der Waals surface area contributed by atoms with Crippen molar-refractivity contribution < 1.29 is 4.79 Å². The van der Waals surface area contributed by atoms with Gasteiger partial charge >= 0.3 is 0 Å². The molecule has 1 aliphatic rings. The van der Waals surface area contributed by atoms with Gasteiger partial charge in [0.15, 0.2) is 0 Å². The zero-order valence-electron chi connectivity index (χ0n) is 9.52. The third-order valence-electron chi connectivity index (χ3n) is 2.82. The molecule has 2 rings (SSSR count). The van der Waals surface area contributed by atoms with Gasteiger partial charge in [0.25, 0.3) is 0 Å². The topological polar surface area (TPSA) is 72.9 Å². The molecule has 88 valence electrons. The van der Waals surface area contributed by atoms with E-state index in [2.05, 4.69) is 21.8 Å². The van der Waals surface area contributed by atoms with Gasteiger partial charge in [-0.3, -0.25) is 4.79 Å². The lowest BCUT2D eigenvalue weighted by atomic mass is 10.2. The van der Waals surface area contributed by atoms with Crippen LogP contribution in [-0.4, -0.2) is 22.0 Å². The Hall–Kier alpha value is -1.36. The van der Waals surface area contributed by atoms with Crippen LogP contribution in [0.1, 0.15) is 44.0 Å². The summed E-state index contributed by atoms with van der Waals surface area (Å²) in [6, 6.07) is 0.103. The predicted octanol–water partition coefficient (Wildman–Crippen LogP) is 0.744. The Balaban J connectivity index is 2.16. The van der Waals surface area contributed by atoms with E-state index >= 15 is 0 Å². The molecule has 1 aromatic heterocycles. The minimum atomic E-state index is -0.414. The first-order valence-corrected chi connectivity index (χ1v) is 5.78. The van der Waals surface area contributed by atoms with Crippen molar-refractivity contribution in [1.29, 1.82) is 0 Å². The van der Waals surface area contributed by atoms with Gasteiger partial charge in [-0.1, -0.05) is 6.92 Å². The van der Waals surface area contributed by atoms with Crippen molar-refractivity contribution in [1.82, 2.24) is 14.9 Å². The molecule has 1 heterocycles. The summed E-state index contributed by atoms with van der Waals surface area (Å²) in [6.07, 6.45) is 6.83. The highest BCUT2D eigenvalue weighted by Crippen LogP contribution is 2.36. The van der Waals surface area contributed by atoms with Crippen LogP contribution >= 0.6 is 0 Å². The first-order chi connectivity index (χ1) is 7.74. The van der Waals surface area contributed by atoms with E-state index in [1.54, 1.807) is 12.5 Å². The second-order valence-electron chi connectivity index (χ2n) is 4.25. The number of rotatable bonds is 6. The lowest BCUT2D eigenvalue weighted by Gasteiger charge is -2.16. The molecule has 0 spiro atoms. The van der Waals surface area contributed by atoms with Crippen molar-refractivity contribution in [2.45, 2.75) is 38.3 Å². The second-order valence-corrected chi connectivity index (χ2v) is 4.25. The fourth-order valence-electron chi connectivity index (χ4n) is 1.84. The van der Waals surface area contributed by atoms with E-state index in [1.165, 1.54) is 12.8 Å². The van der Waals surface area contributed by atoms with Gasteiger partial charge in [0.1, 0.15) is 6.04 Å². The van der Waals surface area contributed by atoms with Gasteiger partial charge < -0.3 is 15.6 Å². The van der Waals surface area contributed by atoms with Crippen LogP contribution in [0.3, 0.4) is 0 Å². The second kappa shape index (κ2) is 4.65. The van der Waals surface area contributed by atoms with E-state index in [9.17, 15) is 4.79 Å². The standard InChI is InChI=1S/C11H18N4O/c1-2-5-14-10(11(12)16)9-6-13-7-15(9)8-3-4-8/h6-8,10,14H,2-5H2,1H3,(H2,12,16). The summed E-state index contributed by atoms with van der Waals surface area (Å²) in [5.74, 6) is -0.337. The van der Waals surface area contributed by atoms with Crippen LogP contribution < -0.4 is 11.1 Å². The van der Waals surface area contributed by atoms with Gasteiger partial charge in [-0.2, -0.15) is 0 Å². The molecule has 3 N–H and O–H groups in total. The highest BCUT2D eigenvalue weighted by atomic mass is 16.1. The van der Waals surface area contributed by atoms with Crippen LogP contribution in [0.25, 0.3) is 0 Å². The van der Waals surface area contributed by atoms with E-state index in [0.717, 1.165) is 18.7 Å². The summed E-state index contributed by atoms with van der Waals surface area (Å²) >= 11 is 0. The van der Waals surface area contributed by atoms with Crippen LogP contribution in [0.15, 0.2) is 12.5 Å². The molecule has 0 bridgehead atoms. The van der Waals surface area contributed by atoms with Crippen LogP contribution in [0.4, 0.5) is 0 Å². The van der Waals surface area contributed by atoms with E-state index in [1.807, 2.05) is 0 Å². The molecule has 5 heteroatoms. The molecule has 16 heavy (non-hydrogen) atoms. The Kier molecular flexibility index (Phi) is 3.24. The number of hydrogen-bond donors (Lipinski definition) is 2. The SMILES string of the molecule is CCCNC(C(N)=O)c1cncn1C1CC1. The van der Waals surface area contributed by atoms with Gasteiger partial charge in [0, 0.05) is 6.04 Å². The highest BCUT2D eigenvalue weighted by molar-refractivity contribution is 5.80. The maximum absolute atomic E-state index is 11.4. The molecular formula is C11H18N4O. The Morgan fingerprint density at radius 3 is 3.06 bits per heavy atom. The van der Waals surface area contributed by atoms with Gasteiger partial charge in [-0.05, 0) is 25.8 Å². The van der Waals surface area contributed by atoms with Crippen LogP contribution in [-0.2, 0) is 4.79 Å². The molecule has 1 aromatic rings. The number of carbonyl (C=O) groups is 1. The molecule has 1 atom stereocenters. The molecule has 1 fully saturated rings. The fourth-order valence-corrected chi connectivity index (χ4v) is 1.84. The van der Waals surface area contributed by atoms with Crippen molar-refractivity contribution in [2.75, 3.05) is 6.54 Å². The summed E-state index contributed by atoms with van der Waals surface area (Å²) in [4.78, 5) is 15.5. The van der Waals surface area contributed by atoms with Crippen LogP contribution in [0, 0.1) is 0 Å². The summed E-state index contributed by atoms with van der Waals surface area (Å²) in [6.45, 7) is 2.84. The fraction of sp³-hybridized carbons (Fsp3) is 0.636. The van der Waals surface area contributed by atoms with Crippen molar-refractivity contribution in [2.24, 2.45) is 5.73 Å². The molecule has 0 saturated heterocycles. The number of amides is 1. The number of aromatic nitrogens is 2. The Bertz CT molecular complexity index is 370. The van der Waals surface area contributed by atoms with Gasteiger partial charge in [0.05, 0.1) is 18.2 Å². The quantitative estimate of drug-likeness (QED) is 0.745. The van der Waals surface area contributed by atoms with E-state index < -0.39 is 6.04 Å². The number of nitrogens with zero attached hydrogens (tertiary/aromatic N) is 2. The maximum atomic E-state index is 11.4. The number of primary amides is 1. The molecule has 0 aliphatic heterocycles. The predicted molar refractivity (Wildman–Crippen MR) is 60.7 cm³/mol. The smallest absolute Gasteiger partial charge is 0.240 e. The lowest BCUT2D eigenvalue weighted by molar-refractivity contribution is -0.120. The highest BCUT2D eigenvalue weighted by Gasteiger charge is 2.29. The van der Waals surface area contributed by atoms with Crippen molar-refractivity contribution in [3.63, 3.8) is 0 Å². The number of nitrogens with one attached hydrogen (secondary N) is 1. The van der Waals surface area contributed by atoms with Gasteiger partial charge in [-0.15, -0.1) is 0 Å². The molecule has 0 aromatic carbocycles. The van der Waals surface area contributed by atoms with E-state index in [4.69, 9.17) is 5.73 Å². The van der Waals surface area contributed by atoms with Gasteiger partial charge in [-0.25, -0.2) is 4.98 Å². The molecule has 1 saturated carbocycles. The number of carbonyl (C=O) groups excluding carboxylic acids is 1. The first kappa shape index (κ1) is 11.1. The third-order valence-corrected chi connectivity index (χ3v) is 2.82. The number of imidazole rings is 1. The van der Waals surface area contributed by atoms with Crippen molar-refractivity contribution >= 4 is 5.91 Å². The molecule has 1 amide bonds. The number of hydrogen-bond acceptors (Lipinski definition) is 3. The Morgan fingerprint density at radius 1 is 1.75 bits per heavy atom. The summed E-state index contributed by atoms with van der Waals surface area (Å²) in [5.41, 5.74) is 6.31. The minimum absolute atomic E-state index is 0.337.